The van der Waals surface area contributed by atoms with Crippen molar-refractivity contribution in [2.75, 3.05) is 5.73 Å². The Morgan fingerprint density at radius 2 is 2.24 bits per heavy atom. The minimum Gasteiger partial charge on any atom is -0.383 e. The topological polar surface area (TPSA) is 60.9 Å². The van der Waals surface area contributed by atoms with E-state index in [1.54, 1.807) is 17.9 Å². The first-order valence-electron chi connectivity index (χ1n) is 6.46. The highest BCUT2D eigenvalue weighted by Crippen LogP contribution is 2.35. The summed E-state index contributed by atoms with van der Waals surface area (Å²) >= 11 is 0. The second kappa shape index (κ2) is 4.90. The van der Waals surface area contributed by atoms with Crippen molar-refractivity contribution in [1.29, 1.82) is 0 Å². The molecule has 1 aliphatic carbocycles. The van der Waals surface area contributed by atoms with Gasteiger partial charge in [0.1, 0.15) is 5.82 Å². The van der Waals surface area contributed by atoms with Gasteiger partial charge < -0.3 is 5.73 Å². The number of carbonyl (C=O) groups is 1. The molecule has 0 aromatic carbocycles. The molecule has 2 unspecified atom stereocenters. The molecule has 1 aliphatic rings. The minimum atomic E-state index is 0.153. The van der Waals surface area contributed by atoms with E-state index in [1.807, 2.05) is 0 Å². The summed E-state index contributed by atoms with van der Waals surface area (Å²) in [7, 11) is 1.77. The number of nitrogens with zero attached hydrogens (tertiary/aromatic N) is 2. The van der Waals surface area contributed by atoms with Crippen molar-refractivity contribution >= 4 is 11.6 Å². The Hall–Kier alpha value is -1.32. The Morgan fingerprint density at radius 3 is 2.82 bits per heavy atom. The highest BCUT2D eigenvalue weighted by Gasteiger charge is 2.31. The lowest BCUT2D eigenvalue weighted by atomic mass is 9.74. The zero-order chi connectivity index (χ0) is 12.4. The molecule has 0 saturated heterocycles. The molecule has 94 valence electrons. The van der Waals surface area contributed by atoms with E-state index in [1.165, 1.54) is 12.8 Å². The van der Waals surface area contributed by atoms with Crippen LogP contribution in [0.1, 0.15) is 49.4 Å². The zero-order valence-corrected chi connectivity index (χ0v) is 10.6. The lowest BCUT2D eigenvalue weighted by molar-refractivity contribution is 0.0821. The van der Waals surface area contributed by atoms with Crippen molar-refractivity contribution in [2.45, 2.75) is 39.0 Å². The molecule has 0 aliphatic heterocycles. The van der Waals surface area contributed by atoms with E-state index < -0.39 is 0 Å². The fourth-order valence-corrected chi connectivity index (χ4v) is 2.88. The van der Waals surface area contributed by atoms with E-state index in [4.69, 9.17) is 5.73 Å². The van der Waals surface area contributed by atoms with Gasteiger partial charge in [0.15, 0.2) is 5.78 Å². The predicted molar refractivity (Wildman–Crippen MR) is 67.7 cm³/mol. The van der Waals surface area contributed by atoms with Gasteiger partial charge in [-0.25, -0.2) is 0 Å². The molecule has 4 nitrogen and oxygen atoms in total. The highest BCUT2D eigenvalue weighted by atomic mass is 16.1. The standard InChI is InChI=1S/C13H21N3O/c1-3-9-6-4-5-7-10(9)12(17)11-8-15-16(2)13(11)14/h8-10H,3-7,14H2,1-2H3. The molecular formula is C13H21N3O. The SMILES string of the molecule is CCC1CCCCC1C(=O)c1cnn(C)c1N. The van der Waals surface area contributed by atoms with Crippen molar-refractivity contribution in [3.63, 3.8) is 0 Å². The maximum atomic E-state index is 12.5. The van der Waals surface area contributed by atoms with Gasteiger partial charge >= 0.3 is 0 Å². The van der Waals surface area contributed by atoms with Crippen molar-refractivity contribution in [3.05, 3.63) is 11.8 Å². The average molecular weight is 235 g/mol. The normalized spacial score (nSPS) is 24.8. The summed E-state index contributed by atoms with van der Waals surface area (Å²) in [6.45, 7) is 2.17. The Balaban J connectivity index is 2.21. The number of rotatable bonds is 3. The van der Waals surface area contributed by atoms with Gasteiger partial charge in [0.05, 0.1) is 11.8 Å². The molecule has 0 spiro atoms. The second-order valence-corrected chi connectivity index (χ2v) is 4.99. The molecule has 17 heavy (non-hydrogen) atoms. The third-order valence-corrected chi connectivity index (χ3v) is 4.02. The first kappa shape index (κ1) is 12.1. The molecule has 0 radical (unpaired) electrons. The summed E-state index contributed by atoms with van der Waals surface area (Å²) in [5, 5.41) is 4.05. The predicted octanol–water partition coefficient (Wildman–Crippen LogP) is 2.40. The van der Waals surface area contributed by atoms with Crippen LogP contribution >= 0.6 is 0 Å². The summed E-state index contributed by atoms with van der Waals surface area (Å²) in [6.07, 6.45) is 7.28. The van der Waals surface area contributed by atoms with Crippen LogP contribution in [0.3, 0.4) is 0 Å². The van der Waals surface area contributed by atoms with Gasteiger partial charge in [-0.2, -0.15) is 5.10 Å². The molecule has 1 fully saturated rings. The average Bonchev–Trinajstić information content (AvgIpc) is 2.69. The molecule has 2 atom stereocenters. The number of hydrogen-bond donors (Lipinski definition) is 1. The molecule has 1 saturated carbocycles. The van der Waals surface area contributed by atoms with E-state index in [2.05, 4.69) is 12.0 Å². The Labute approximate surface area is 102 Å². The largest absolute Gasteiger partial charge is 0.383 e. The maximum absolute atomic E-state index is 12.5. The van der Waals surface area contributed by atoms with Gasteiger partial charge in [-0.3, -0.25) is 9.48 Å². The van der Waals surface area contributed by atoms with Crippen LogP contribution in [0.4, 0.5) is 5.82 Å². The molecule has 1 aromatic heterocycles. The van der Waals surface area contributed by atoms with Crippen LogP contribution in [0.25, 0.3) is 0 Å². The van der Waals surface area contributed by atoms with Crippen molar-refractivity contribution in [1.82, 2.24) is 9.78 Å². The smallest absolute Gasteiger partial charge is 0.171 e. The van der Waals surface area contributed by atoms with Crippen LogP contribution in [0.5, 0.6) is 0 Å². The van der Waals surface area contributed by atoms with Crippen molar-refractivity contribution in [2.24, 2.45) is 18.9 Å². The highest BCUT2D eigenvalue weighted by molar-refractivity contribution is 6.01. The van der Waals surface area contributed by atoms with Crippen LogP contribution in [-0.4, -0.2) is 15.6 Å². The van der Waals surface area contributed by atoms with E-state index in [0.29, 0.717) is 17.3 Å². The lowest BCUT2D eigenvalue weighted by Crippen LogP contribution is -2.27. The van der Waals surface area contributed by atoms with E-state index in [0.717, 1.165) is 19.3 Å². The van der Waals surface area contributed by atoms with Gasteiger partial charge in [0.2, 0.25) is 0 Å². The fraction of sp³-hybridized carbons (Fsp3) is 0.692. The number of anilines is 1. The van der Waals surface area contributed by atoms with E-state index >= 15 is 0 Å². The Morgan fingerprint density at radius 1 is 1.53 bits per heavy atom. The molecule has 1 aromatic rings. The number of Topliss-reactive ketones (excluding diaryl/α,β-unsaturated/α-hetero) is 1. The fourth-order valence-electron chi connectivity index (χ4n) is 2.88. The first-order chi connectivity index (χ1) is 8.15. The number of carbonyl (C=O) groups excluding carboxylic acids is 1. The van der Waals surface area contributed by atoms with Gasteiger partial charge in [-0.15, -0.1) is 0 Å². The first-order valence-corrected chi connectivity index (χ1v) is 6.46. The van der Waals surface area contributed by atoms with Gasteiger partial charge in [-0.05, 0) is 18.8 Å². The van der Waals surface area contributed by atoms with Crippen LogP contribution in [0, 0.1) is 11.8 Å². The Kier molecular flexibility index (Phi) is 3.50. The monoisotopic (exact) mass is 235 g/mol. The van der Waals surface area contributed by atoms with Crippen LogP contribution in [0.15, 0.2) is 6.20 Å². The molecule has 4 heteroatoms. The molecule has 0 bridgehead atoms. The quantitative estimate of drug-likeness (QED) is 0.818. The van der Waals surface area contributed by atoms with Crippen molar-refractivity contribution in [3.8, 4) is 0 Å². The van der Waals surface area contributed by atoms with Crippen LogP contribution < -0.4 is 5.73 Å². The number of aromatic nitrogens is 2. The maximum Gasteiger partial charge on any atom is 0.171 e. The number of nitrogens with two attached hydrogens (primary N) is 1. The molecular weight excluding hydrogens is 214 g/mol. The second-order valence-electron chi connectivity index (χ2n) is 4.99. The lowest BCUT2D eigenvalue weighted by Gasteiger charge is -2.29. The number of ketones is 1. The van der Waals surface area contributed by atoms with Gasteiger partial charge in [-0.1, -0.05) is 26.2 Å². The summed E-state index contributed by atoms with van der Waals surface area (Å²) in [6, 6.07) is 0. The molecule has 0 amide bonds. The van der Waals surface area contributed by atoms with E-state index in [-0.39, 0.29) is 11.7 Å². The summed E-state index contributed by atoms with van der Waals surface area (Å²) in [4.78, 5) is 12.5. The van der Waals surface area contributed by atoms with Gasteiger partial charge in [0.25, 0.3) is 0 Å². The molecule has 2 rings (SSSR count). The molecule has 2 N–H and O–H groups in total. The van der Waals surface area contributed by atoms with Crippen molar-refractivity contribution < 1.29 is 4.79 Å². The number of hydrogen-bond acceptors (Lipinski definition) is 3. The van der Waals surface area contributed by atoms with Crippen LogP contribution in [-0.2, 0) is 7.05 Å². The third-order valence-electron chi connectivity index (χ3n) is 4.02. The minimum absolute atomic E-state index is 0.153. The zero-order valence-electron chi connectivity index (χ0n) is 10.6. The third kappa shape index (κ3) is 2.21. The summed E-state index contributed by atoms with van der Waals surface area (Å²) in [5.74, 6) is 1.37. The summed E-state index contributed by atoms with van der Waals surface area (Å²) in [5.41, 5.74) is 6.49. The summed E-state index contributed by atoms with van der Waals surface area (Å²) < 4.78 is 1.57. The molecule has 1 heterocycles. The van der Waals surface area contributed by atoms with Crippen LogP contribution in [0.2, 0.25) is 0 Å². The number of aryl methyl sites for hydroxylation is 1. The Bertz CT molecular complexity index is 411. The van der Waals surface area contributed by atoms with E-state index in [9.17, 15) is 4.79 Å². The van der Waals surface area contributed by atoms with Gasteiger partial charge in [0, 0.05) is 13.0 Å². The number of nitrogen functional groups attached to an aromatic ring is 1.